The summed E-state index contributed by atoms with van der Waals surface area (Å²) in [6.07, 6.45) is 0. The summed E-state index contributed by atoms with van der Waals surface area (Å²) in [5.74, 6) is -0.375. The van der Waals surface area contributed by atoms with Crippen molar-refractivity contribution in [3.8, 4) is 11.5 Å². The van der Waals surface area contributed by atoms with Crippen LogP contribution in [0.25, 0.3) is 11.5 Å². The molecule has 0 N–H and O–H groups in total. The minimum Gasteiger partial charge on any atom is -0.419 e. The third kappa shape index (κ3) is 3.59. The molecule has 1 heterocycles. The highest BCUT2D eigenvalue weighted by molar-refractivity contribution is 7.99. The summed E-state index contributed by atoms with van der Waals surface area (Å²) in [6.45, 7) is 3.83. The topological polar surface area (TPSA) is 38.9 Å². The molecule has 2 aromatic carbocycles. The van der Waals surface area contributed by atoms with E-state index in [0.29, 0.717) is 16.7 Å². The molecular formula is C17H14F2N2OS. The number of hydrogen-bond acceptors (Lipinski definition) is 4. The molecule has 0 unspecified atom stereocenters. The molecule has 1 aromatic heterocycles. The van der Waals surface area contributed by atoms with Gasteiger partial charge in [-0.15, -0.1) is 22.0 Å². The molecule has 0 fully saturated rings. The zero-order chi connectivity index (χ0) is 16.4. The first-order valence-electron chi connectivity index (χ1n) is 7.05. The highest BCUT2D eigenvalue weighted by Crippen LogP contribution is 2.36. The fourth-order valence-electron chi connectivity index (χ4n) is 2.02. The maximum Gasteiger partial charge on any atom is 0.247 e. The number of rotatable bonds is 4. The fraction of sp³-hybridized carbons (Fsp3) is 0.176. The van der Waals surface area contributed by atoms with E-state index in [-0.39, 0.29) is 5.25 Å². The SMILES string of the molecule is Cc1ccc(-c2nnc([C@@H](C)Sc3ccc(F)cc3F)o2)cc1. The van der Waals surface area contributed by atoms with Gasteiger partial charge in [0.25, 0.3) is 0 Å². The number of halogens is 2. The first-order chi connectivity index (χ1) is 11.0. The average molecular weight is 332 g/mol. The lowest BCUT2D eigenvalue weighted by atomic mass is 10.1. The van der Waals surface area contributed by atoms with Gasteiger partial charge < -0.3 is 4.42 Å². The molecule has 23 heavy (non-hydrogen) atoms. The van der Waals surface area contributed by atoms with Gasteiger partial charge in [-0.1, -0.05) is 17.7 Å². The smallest absolute Gasteiger partial charge is 0.247 e. The van der Waals surface area contributed by atoms with Crippen LogP contribution in [0.15, 0.2) is 51.8 Å². The molecule has 0 saturated carbocycles. The van der Waals surface area contributed by atoms with Crippen LogP contribution in [0, 0.1) is 18.6 Å². The second-order valence-corrected chi connectivity index (χ2v) is 6.53. The Labute approximate surface area is 136 Å². The maximum absolute atomic E-state index is 13.7. The summed E-state index contributed by atoms with van der Waals surface area (Å²) < 4.78 is 32.3. The van der Waals surface area contributed by atoms with Crippen molar-refractivity contribution in [2.45, 2.75) is 24.0 Å². The number of benzene rings is 2. The predicted molar refractivity (Wildman–Crippen MR) is 85.1 cm³/mol. The van der Waals surface area contributed by atoms with E-state index in [1.54, 1.807) is 0 Å². The molecule has 0 aliphatic heterocycles. The van der Waals surface area contributed by atoms with Gasteiger partial charge in [-0.3, -0.25) is 0 Å². The van der Waals surface area contributed by atoms with Crippen LogP contribution in [-0.4, -0.2) is 10.2 Å². The Balaban J connectivity index is 1.78. The number of thioether (sulfide) groups is 1. The summed E-state index contributed by atoms with van der Waals surface area (Å²) in [6, 6.07) is 11.2. The molecule has 0 saturated heterocycles. The van der Waals surface area contributed by atoms with Crippen LogP contribution in [0.1, 0.15) is 23.6 Å². The van der Waals surface area contributed by atoms with Gasteiger partial charge in [-0.05, 0) is 38.1 Å². The van der Waals surface area contributed by atoms with Crippen LogP contribution in [0.3, 0.4) is 0 Å². The first kappa shape index (κ1) is 15.7. The second kappa shape index (κ2) is 6.50. The Morgan fingerprint density at radius 2 is 1.78 bits per heavy atom. The molecule has 118 valence electrons. The number of aromatic nitrogens is 2. The lowest BCUT2D eigenvalue weighted by Gasteiger charge is -2.07. The minimum atomic E-state index is -0.598. The van der Waals surface area contributed by atoms with Crippen molar-refractivity contribution in [2.75, 3.05) is 0 Å². The summed E-state index contributed by atoms with van der Waals surface area (Å²) in [5.41, 5.74) is 1.98. The predicted octanol–water partition coefficient (Wildman–Crippen LogP) is 5.18. The van der Waals surface area contributed by atoms with Crippen molar-refractivity contribution < 1.29 is 13.2 Å². The molecule has 0 bridgehead atoms. The third-order valence-corrected chi connectivity index (χ3v) is 4.42. The maximum atomic E-state index is 13.7. The molecule has 0 spiro atoms. The molecular weight excluding hydrogens is 318 g/mol. The zero-order valence-corrected chi connectivity index (χ0v) is 13.4. The normalized spacial score (nSPS) is 12.3. The second-order valence-electron chi connectivity index (χ2n) is 5.15. The molecule has 3 rings (SSSR count). The molecule has 0 amide bonds. The average Bonchev–Trinajstić information content (AvgIpc) is 3.01. The molecule has 1 atom stereocenters. The molecule has 0 radical (unpaired) electrons. The van der Waals surface area contributed by atoms with Crippen molar-refractivity contribution in [2.24, 2.45) is 0 Å². The monoisotopic (exact) mass is 332 g/mol. The van der Waals surface area contributed by atoms with Crippen LogP contribution < -0.4 is 0 Å². The van der Waals surface area contributed by atoms with E-state index in [0.717, 1.165) is 17.2 Å². The van der Waals surface area contributed by atoms with Gasteiger partial charge in [-0.2, -0.15) is 0 Å². The highest BCUT2D eigenvalue weighted by atomic mass is 32.2. The highest BCUT2D eigenvalue weighted by Gasteiger charge is 2.18. The van der Waals surface area contributed by atoms with Crippen LogP contribution in [0.4, 0.5) is 8.78 Å². The Kier molecular flexibility index (Phi) is 4.43. The van der Waals surface area contributed by atoms with E-state index >= 15 is 0 Å². The fourth-order valence-corrected chi connectivity index (χ4v) is 2.92. The van der Waals surface area contributed by atoms with Gasteiger partial charge in [0.1, 0.15) is 11.6 Å². The van der Waals surface area contributed by atoms with Crippen molar-refractivity contribution in [3.63, 3.8) is 0 Å². The minimum absolute atomic E-state index is 0.248. The molecule has 6 heteroatoms. The van der Waals surface area contributed by atoms with Crippen molar-refractivity contribution in [1.29, 1.82) is 0 Å². The third-order valence-electron chi connectivity index (χ3n) is 3.28. The number of hydrogen-bond donors (Lipinski definition) is 0. The molecule has 3 nitrogen and oxygen atoms in total. The summed E-state index contributed by atoms with van der Waals surface area (Å²) in [7, 11) is 0. The molecule has 0 aliphatic rings. The Hall–Kier alpha value is -2.21. The lowest BCUT2D eigenvalue weighted by Crippen LogP contribution is -1.91. The van der Waals surface area contributed by atoms with Crippen LogP contribution in [0.5, 0.6) is 0 Å². The van der Waals surface area contributed by atoms with Crippen molar-refractivity contribution in [3.05, 3.63) is 65.6 Å². The van der Waals surface area contributed by atoms with E-state index in [1.165, 1.54) is 23.9 Å². The van der Waals surface area contributed by atoms with Gasteiger partial charge >= 0.3 is 0 Å². The Morgan fingerprint density at radius 1 is 1.04 bits per heavy atom. The van der Waals surface area contributed by atoms with E-state index < -0.39 is 11.6 Å². The molecule has 3 aromatic rings. The lowest BCUT2D eigenvalue weighted by molar-refractivity contribution is 0.508. The van der Waals surface area contributed by atoms with Crippen molar-refractivity contribution >= 4 is 11.8 Å². The standard InChI is InChI=1S/C17H14F2N2OS/c1-10-3-5-12(6-4-10)17-21-20-16(22-17)11(2)23-15-8-7-13(18)9-14(15)19/h3-9,11H,1-2H3/t11-/m1/s1. The van der Waals surface area contributed by atoms with E-state index in [1.807, 2.05) is 38.1 Å². The number of aryl methyl sites for hydroxylation is 1. The van der Waals surface area contributed by atoms with Crippen LogP contribution in [0.2, 0.25) is 0 Å². The summed E-state index contributed by atoms with van der Waals surface area (Å²) in [4.78, 5) is 0.342. The Bertz CT molecular complexity index is 818. The Morgan fingerprint density at radius 3 is 2.48 bits per heavy atom. The summed E-state index contributed by atoms with van der Waals surface area (Å²) >= 11 is 1.21. The largest absolute Gasteiger partial charge is 0.419 e. The van der Waals surface area contributed by atoms with Gasteiger partial charge in [0.15, 0.2) is 0 Å². The van der Waals surface area contributed by atoms with Gasteiger partial charge in [0.05, 0.1) is 5.25 Å². The first-order valence-corrected chi connectivity index (χ1v) is 7.93. The van der Waals surface area contributed by atoms with E-state index in [2.05, 4.69) is 10.2 Å². The van der Waals surface area contributed by atoms with E-state index in [9.17, 15) is 8.78 Å². The van der Waals surface area contributed by atoms with Crippen molar-refractivity contribution in [1.82, 2.24) is 10.2 Å². The van der Waals surface area contributed by atoms with Gasteiger partial charge in [0.2, 0.25) is 11.8 Å². The number of nitrogens with zero attached hydrogens (tertiary/aromatic N) is 2. The van der Waals surface area contributed by atoms with Crippen LogP contribution >= 0.6 is 11.8 Å². The summed E-state index contributed by atoms with van der Waals surface area (Å²) in [5, 5.41) is 7.81. The van der Waals surface area contributed by atoms with Gasteiger partial charge in [-0.25, -0.2) is 8.78 Å². The molecule has 0 aliphatic carbocycles. The quantitative estimate of drug-likeness (QED) is 0.617. The zero-order valence-electron chi connectivity index (χ0n) is 12.6. The van der Waals surface area contributed by atoms with Gasteiger partial charge in [0, 0.05) is 16.5 Å². The van der Waals surface area contributed by atoms with Crippen LogP contribution in [-0.2, 0) is 0 Å². The van der Waals surface area contributed by atoms with E-state index in [4.69, 9.17) is 4.42 Å².